The Morgan fingerprint density at radius 1 is 1.10 bits per heavy atom. The van der Waals surface area contributed by atoms with E-state index in [1.54, 1.807) is 17.0 Å². The number of benzene rings is 1. The van der Waals surface area contributed by atoms with Gasteiger partial charge in [-0.1, -0.05) is 6.07 Å². The second-order valence-corrected chi connectivity index (χ2v) is 7.66. The molecule has 1 amide bonds. The van der Waals surface area contributed by atoms with Crippen LogP contribution in [0.3, 0.4) is 0 Å². The lowest BCUT2D eigenvalue weighted by Crippen LogP contribution is -2.53. The molecule has 0 spiro atoms. The third kappa shape index (κ3) is 6.27. The summed E-state index contributed by atoms with van der Waals surface area (Å²) in [5.41, 5.74) is 6.75. The van der Waals surface area contributed by atoms with Crippen LogP contribution in [0.1, 0.15) is 36.7 Å². The Bertz CT molecular complexity index is 765. The summed E-state index contributed by atoms with van der Waals surface area (Å²) >= 11 is 0. The fourth-order valence-electron chi connectivity index (χ4n) is 2.84. The topological polar surface area (TPSA) is 107 Å². The summed E-state index contributed by atoms with van der Waals surface area (Å²) in [7, 11) is 2.82. The van der Waals surface area contributed by atoms with Crippen molar-refractivity contribution in [2.24, 2.45) is 10.7 Å². The predicted molar refractivity (Wildman–Crippen MR) is 109 cm³/mol. The third-order valence-electron chi connectivity index (χ3n) is 4.35. The van der Waals surface area contributed by atoms with Crippen LogP contribution in [0.5, 0.6) is 5.75 Å². The number of piperazine rings is 1. The molecule has 160 valence electrons. The summed E-state index contributed by atoms with van der Waals surface area (Å²) < 4.78 is 15.4. The Hall–Kier alpha value is -2.97. The number of guanidine groups is 1. The van der Waals surface area contributed by atoms with E-state index in [1.165, 1.54) is 14.2 Å². The number of aliphatic imine (C=N–C) groups is 1. The number of nitrogens with two attached hydrogens (primary N) is 1. The van der Waals surface area contributed by atoms with Crippen molar-refractivity contribution in [2.45, 2.75) is 32.9 Å². The maximum atomic E-state index is 12.1. The lowest BCUT2D eigenvalue weighted by Gasteiger charge is -2.36. The highest BCUT2D eigenvalue weighted by Gasteiger charge is 2.26. The molecule has 1 aromatic carbocycles. The first-order chi connectivity index (χ1) is 13.6. The molecule has 1 aliphatic heterocycles. The molecule has 0 aromatic heterocycles. The van der Waals surface area contributed by atoms with E-state index in [0.29, 0.717) is 50.0 Å². The van der Waals surface area contributed by atoms with Gasteiger partial charge in [-0.05, 0) is 38.5 Å². The van der Waals surface area contributed by atoms with E-state index < -0.39 is 11.6 Å². The predicted octanol–water partition coefficient (Wildman–Crippen LogP) is 1.85. The van der Waals surface area contributed by atoms with E-state index >= 15 is 0 Å². The van der Waals surface area contributed by atoms with Crippen LogP contribution < -0.4 is 10.5 Å². The SMILES string of the molecule is COC(=O)c1cc(CN=C(N)N2CCN(C(=O)OC(C)(C)C)CC2)ccc1OC. The minimum Gasteiger partial charge on any atom is -0.496 e. The molecular formula is C20H30N4O5. The van der Waals surface area contributed by atoms with Gasteiger partial charge in [0.1, 0.15) is 16.9 Å². The fourth-order valence-corrected chi connectivity index (χ4v) is 2.84. The number of ether oxygens (including phenoxy) is 3. The van der Waals surface area contributed by atoms with E-state index in [2.05, 4.69) is 4.99 Å². The maximum Gasteiger partial charge on any atom is 0.410 e. The standard InChI is InChI=1S/C20H30N4O5/c1-20(2,3)29-19(26)24-10-8-23(9-11-24)18(21)22-13-14-6-7-16(27-4)15(12-14)17(25)28-5/h6-7,12H,8-11,13H2,1-5H3,(H2,21,22). The smallest absolute Gasteiger partial charge is 0.410 e. The van der Waals surface area contributed by atoms with Crippen LogP contribution >= 0.6 is 0 Å². The first-order valence-electron chi connectivity index (χ1n) is 9.42. The normalized spacial score (nSPS) is 15.1. The summed E-state index contributed by atoms with van der Waals surface area (Å²) in [5, 5.41) is 0. The molecule has 1 aliphatic rings. The van der Waals surface area contributed by atoms with Gasteiger partial charge in [0.15, 0.2) is 5.96 Å². The van der Waals surface area contributed by atoms with Crippen molar-refractivity contribution >= 4 is 18.0 Å². The average Bonchev–Trinajstić information content (AvgIpc) is 2.70. The number of hydrogen-bond donors (Lipinski definition) is 1. The summed E-state index contributed by atoms with van der Waals surface area (Å²) in [5.74, 6) is 0.360. The first kappa shape index (κ1) is 22.3. The molecule has 0 atom stereocenters. The van der Waals surface area contributed by atoms with Gasteiger partial charge >= 0.3 is 12.1 Å². The summed E-state index contributed by atoms with van der Waals surface area (Å²) in [6.45, 7) is 8.02. The highest BCUT2D eigenvalue weighted by atomic mass is 16.6. The molecule has 0 bridgehead atoms. The Morgan fingerprint density at radius 3 is 2.28 bits per heavy atom. The third-order valence-corrected chi connectivity index (χ3v) is 4.35. The Labute approximate surface area is 171 Å². The Kier molecular flexibility index (Phi) is 7.30. The van der Waals surface area contributed by atoms with Crippen LogP contribution in [0.15, 0.2) is 23.2 Å². The molecule has 0 aliphatic carbocycles. The lowest BCUT2D eigenvalue weighted by atomic mass is 10.1. The zero-order valence-corrected chi connectivity index (χ0v) is 17.7. The van der Waals surface area contributed by atoms with Gasteiger partial charge in [0.25, 0.3) is 0 Å². The number of rotatable bonds is 4. The number of esters is 1. The molecule has 2 N–H and O–H groups in total. The van der Waals surface area contributed by atoms with Crippen LogP contribution in [0.25, 0.3) is 0 Å². The van der Waals surface area contributed by atoms with Crippen LogP contribution in [0, 0.1) is 0 Å². The van der Waals surface area contributed by atoms with Crippen LogP contribution in [0.2, 0.25) is 0 Å². The molecule has 29 heavy (non-hydrogen) atoms. The van der Waals surface area contributed by atoms with E-state index in [-0.39, 0.29) is 6.09 Å². The van der Waals surface area contributed by atoms with E-state index in [0.717, 1.165) is 5.56 Å². The quantitative estimate of drug-likeness (QED) is 0.462. The van der Waals surface area contributed by atoms with Crippen molar-refractivity contribution < 1.29 is 23.8 Å². The minimum atomic E-state index is -0.518. The number of amides is 1. The van der Waals surface area contributed by atoms with Crippen LogP contribution in [-0.4, -0.2) is 73.8 Å². The second kappa shape index (κ2) is 9.49. The van der Waals surface area contributed by atoms with Crippen molar-refractivity contribution in [3.63, 3.8) is 0 Å². The van der Waals surface area contributed by atoms with Crippen molar-refractivity contribution in [2.75, 3.05) is 40.4 Å². The first-order valence-corrected chi connectivity index (χ1v) is 9.42. The average molecular weight is 406 g/mol. The van der Waals surface area contributed by atoms with Gasteiger partial charge in [0, 0.05) is 26.2 Å². The molecule has 1 aromatic rings. The molecule has 9 heteroatoms. The van der Waals surface area contributed by atoms with Crippen LogP contribution in [-0.2, 0) is 16.0 Å². The summed E-state index contributed by atoms with van der Waals surface area (Å²) in [4.78, 5) is 32.0. The lowest BCUT2D eigenvalue weighted by molar-refractivity contribution is 0.0186. The van der Waals surface area contributed by atoms with Crippen molar-refractivity contribution in [3.8, 4) is 5.75 Å². The molecule has 1 fully saturated rings. The van der Waals surface area contributed by atoms with E-state index in [9.17, 15) is 9.59 Å². The largest absolute Gasteiger partial charge is 0.496 e. The van der Waals surface area contributed by atoms with Gasteiger partial charge in [-0.3, -0.25) is 0 Å². The molecule has 1 saturated heterocycles. The van der Waals surface area contributed by atoms with Crippen molar-refractivity contribution in [1.29, 1.82) is 0 Å². The van der Waals surface area contributed by atoms with Gasteiger partial charge in [-0.2, -0.15) is 0 Å². The van der Waals surface area contributed by atoms with Gasteiger partial charge in [-0.15, -0.1) is 0 Å². The van der Waals surface area contributed by atoms with Gasteiger partial charge in [0.05, 0.1) is 20.8 Å². The van der Waals surface area contributed by atoms with Gasteiger partial charge in [-0.25, -0.2) is 14.6 Å². The number of hydrogen-bond acceptors (Lipinski definition) is 6. The van der Waals surface area contributed by atoms with Crippen molar-refractivity contribution in [1.82, 2.24) is 9.80 Å². The monoisotopic (exact) mass is 406 g/mol. The number of carbonyl (C=O) groups excluding carboxylic acids is 2. The zero-order valence-electron chi connectivity index (χ0n) is 17.7. The van der Waals surface area contributed by atoms with Gasteiger partial charge < -0.3 is 29.7 Å². The molecule has 1 heterocycles. The number of nitrogens with zero attached hydrogens (tertiary/aromatic N) is 3. The molecule has 0 unspecified atom stereocenters. The molecule has 9 nitrogen and oxygen atoms in total. The highest BCUT2D eigenvalue weighted by Crippen LogP contribution is 2.21. The van der Waals surface area contributed by atoms with E-state index in [1.807, 2.05) is 31.7 Å². The number of methoxy groups -OCH3 is 2. The maximum absolute atomic E-state index is 12.1. The number of carbonyl (C=O) groups is 2. The Balaban J connectivity index is 1.96. The van der Waals surface area contributed by atoms with Crippen molar-refractivity contribution in [3.05, 3.63) is 29.3 Å². The summed E-state index contributed by atoms with van der Waals surface area (Å²) in [6, 6.07) is 5.21. The van der Waals surface area contributed by atoms with Gasteiger partial charge in [0.2, 0.25) is 0 Å². The van der Waals surface area contributed by atoms with Crippen LogP contribution in [0.4, 0.5) is 4.79 Å². The molecule has 0 radical (unpaired) electrons. The molecule has 0 saturated carbocycles. The molecule has 2 rings (SSSR count). The fraction of sp³-hybridized carbons (Fsp3) is 0.550. The zero-order chi connectivity index (χ0) is 21.6. The molecular weight excluding hydrogens is 376 g/mol. The highest BCUT2D eigenvalue weighted by molar-refractivity contribution is 5.92. The second-order valence-electron chi connectivity index (χ2n) is 7.66. The Morgan fingerprint density at radius 2 is 1.72 bits per heavy atom. The minimum absolute atomic E-state index is 0.312. The summed E-state index contributed by atoms with van der Waals surface area (Å²) in [6.07, 6.45) is -0.318. The van der Waals surface area contributed by atoms with E-state index in [4.69, 9.17) is 19.9 Å².